The maximum Gasteiger partial charge on any atom is 0.335 e. The molecule has 0 spiro atoms. The summed E-state index contributed by atoms with van der Waals surface area (Å²) < 4.78 is 5.43. The molecule has 0 saturated carbocycles. The third-order valence-corrected chi connectivity index (χ3v) is 5.93. The standard InChI is InChI=1S/C23H20N2O4S/c1-15-4-2-5-16(12-15)13-20-21(26)25(14-19-6-3-11-29-19)23(30-20)24-18-9-7-17(8-10-18)22(27)28/h2-12,20H,13-14H2,1H3,(H,27,28). The van der Waals surface area contributed by atoms with Gasteiger partial charge in [-0.3, -0.25) is 9.69 Å². The predicted molar refractivity (Wildman–Crippen MR) is 116 cm³/mol. The van der Waals surface area contributed by atoms with Gasteiger partial charge < -0.3 is 9.52 Å². The number of furan rings is 1. The Kier molecular flexibility index (Phi) is 5.72. The minimum atomic E-state index is -0.989. The van der Waals surface area contributed by atoms with Crippen LogP contribution in [0.15, 0.2) is 76.3 Å². The number of nitrogens with zero attached hydrogens (tertiary/aromatic N) is 2. The van der Waals surface area contributed by atoms with Crippen molar-refractivity contribution in [2.45, 2.75) is 25.1 Å². The summed E-state index contributed by atoms with van der Waals surface area (Å²) in [6.45, 7) is 2.33. The summed E-state index contributed by atoms with van der Waals surface area (Å²) in [5.41, 5.74) is 3.04. The normalized spacial score (nSPS) is 17.6. The lowest BCUT2D eigenvalue weighted by molar-refractivity contribution is -0.126. The van der Waals surface area contributed by atoms with E-state index in [9.17, 15) is 9.59 Å². The molecule has 7 heteroatoms. The summed E-state index contributed by atoms with van der Waals surface area (Å²) in [7, 11) is 0. The van der Waals surface area contributed by atoms with Gasteiger partial charge in [-0.1, -0.05) is 41.6 Å². The van der Waals surface area contributed by atoms with Gasteiger partial charge in [0.2, 0.25) is 5.91 Å². The molecule has 30 heavy (non-hydrogen) atoms. The highest BCUT2D eigenvalue weighted by molar-refractivity contribution is 8.15. The first-order valence-corrected chi connectivity index (χ1v) is 10.4. The number of aliphatic imine (C=N–C) groups is 1. The fraction of sp³-hybridized carbons (Fsp3) is 0.174. The molecule has 4 rings (SSSR count). The zero-order chi connectivity index (χ0) is 21.1. The molecule has 1 aromatic heterocycles. The van der Waals surface area contributed by atoms with Crippen LogP contribution < -0.4 is 0 Å². The van der Waals surface area contributed by atoms with Gasteiger partial charge in [0.15, 0.2) is 5.17 Å². The molecule has 1 saturated heterocycles. The Labute approximate surface area is 178 Å². The van der Waals surface area contributed by atoms with Crippen LogP contribution in [0.2, 0.25) is 0 Å². The van der Waals surface area contributed by atoms with E-state index in [1.54, 1.807) is 29.4 Å². The number of benzene rings is 2. The molecule has 1 aliphatic heterocycles. The van der Waals surface area contributed by atoms with Crippen molar-refractivity contribution < 1.29 is 19.1 Å². The van der Waals surface area contributed by atoms with Gasteiger partial charge >= 0.3 is 5.97 Å². The molecule has 2 heterocycles. The first-order chi connectivity index (χ1) is 14.5. The Morgan fingerprint density at radius 3 is 2.63 bits per heavy atom. The molecule has 1 fully saturated rings. The second-order valence-corrected chi connectivity index (χ2v) is 8.22. The van der Waals surface area contributed by atoms with Crippen LogP contribution in [0.25, 0.3) is 0 Å². The van der Waals surface area contributed by atoms with Crippen molar-refractivity contribution in [2.24, 2.45) is 4.99 Å². The van der Waals surface area contributed by atoms with Crippen LogP contribution in [0.3, 0.4) is 0 Å². The number of hydrogen-bond acceptors (Lipinski definition) is 5. The van der Waals surface area contributed by atoms with Crippen molar-refractivity contribution in [3.05, 3.63) is 89.4 Å². The lowest BCUT2D eigenvalue weighted by atomic mass is 10.1. The predicted octanol–water partition coefficient (Wildman–Crippen LogP) is 4.66. The molecule has 0 bridgehead atoms. The summed E-state index contributed by atoms with van der Waals surface area (Å²) in [6.07, 6.45) is 2.19. The number of rotatable bonds is 6. The Balaban J connectivity index is 1.61. The molecular weight excluding hydrogens is 400 g/mol. The van der Waals surface area contributed by atoms with E-state index in [2.05, 4.69) is 11.1 Å². The topological polar surface area (TPSA) is 83.1 Å². The van der Waals surface area contributed by atoms with Crippen molar-refractivity contribution in [1.29, 1.82) is 0 Å². The third-order valence-electron chi connectivity index (χ3n) is 4.76. The second-order valence-electron chi connectivity index (χ2n) is 7.05. The van der Waals surface area contributed by atoms with Crippen molar-refractivity contribution in [3.63, 3.8) is 0 Å². The number of carboxylic acid groups (broad SMARTS) is 1. The average Bonchev–Trinajstić information content (AvgIpc) is 3.33. The van der Waals surface area contributed by atoms with E-state index < -0.39 is 5.97 Å². The van der Waals surface area contributed by atoms with Crippen molar-refractivity contribution >= 4 is 34.5 Å². The molecule has 1 atom stereocenters. The molecule has 1 unspecified atom stereocenters. The SMILES string of the molecule is Cc1cccc(CC2SC(=Nc3ccc(C(=O)O)cc3)N(Cc3ccco3)C2=O)c1. The van der Waals surface area contributed by atoms with Gasteiger partial charge in [0, 0.05) is 0 Å². The molecule has 0 radical (unpaired) electrons. The van der Waals surface area contributed by atoms with Gasteiger partial charge in [0.25, 0.3) is 0 Å². The van der Waals surface area contributed by atoms with Gasteiger partial charge in [-0.2, -0.15) is 0 Å². The Bertz CT molecular complexity index is 1090. The van der Waals surface area contributed by atoms with Crippen LogP contribution >= 0.6 is 11.8 Å². The van der Waals surface area contributed by atoms with Gasteiger partial charge in [0.05, 0.1) is 29.3 Å². The first kappa shape index (κ1) is 20.0. The minimum Gasteiger partial charge on any atom is -0.478 e. The number of thioether (sulfide) groups is 1. The summed E-state index contributed by atoms with van der Waals surface area (Å²) in [5.74, 6) is -0.329. The van der Waals surface area contributed by atoms with Crippen LogP contribution in [-0.4, -0.2) is 32.3 Å². The Morgan fingerprint density at radius 1 is 1.17 bits per heavy atom. The zero-order valence-corrected chi connectivity index (χ0v) is 17.1. The summed E-state index contributed by atoms with van der Waals surface area (Å²) in [4.78, 5) is 30.5. The Hall–Kier alpha value is -3.32. The smallest absolute Gasteiger partial charge is 0.335 e. The number of carbonyl (C=O) groups excluding carboxylic acids is 1. The molecule has 1 N–H and O–H groups in total. The summed E-state index contributed by atoms with van der Waals surface area (Å²) >= 11 is 1.42. The van der Waals surface area contributed by atoms with Crippen molar-refractivity contribution in [1.82, 2.24) is 4.90 Å². The monoisotopic (exact) mass is 420 g/mol. The quantitative estimate of drug-likeness (QED) is 0.627. The van der Waals surface area contributed by atoms with Gasteiger partial charge in [-0.05, 0) is 55.3 Å². The first-order valence-electron chi connectivity index (χ1n) is 9.47. The lowest BCUT2D eigenvalue weighted by Gasteiger charge is -2.15. The summed E-state index contributed by atoms with van der Waals surface area (Å²) in [5, 5.41) is 9.37. The maximum atomic E-state index is 13.2. The van der Waals surface area contributed by atoms with E-state index in [-0.39, 0.29) is 16.7 Å². The van der Waals surface area contributed by atoms with E-state index in [0.29, 0.717) is 29.6 Å². The molecule has 152 valence electrons. The molecule has 1 amide bonds. The number of amidine groups is 1. The average molecular weight is 420 g/mol. The van der Waals surface area contributed by atoms with Crippen LogP contribution in [0.5, 0.6) is 0 Å². The largest absolute Gasteiger partial charge is 0.478 e. The maximum absolute atomic E-state index is 13.2. The van der Waals surface area contributed by atoms with Crippen LogP contribution in [0.4, 0.5) is 5.69 Å². The van der Waals surface area contributed by atoms with E-state index in [4.69, 9.17) is 9.52 Å². The molecule has 1 aliphatic rings. The number of carboxylic acids is 1. The molecule has 3 aromatic rings. The summed E-state index contributed by atoms with van der Waals surface area (Å²) in [6, 6.07) is 18.0. The third kappa shape index (κ3) is 4.46. The molecule has 2 aromatic carbocycles. The van der Waals surface area contributed by atoms with E-state index in [1.165, 1.54) is 23.9 Å². The van der Waals surface area contributed by atoms with Crippen molar-refractivity contribution in [3.8, 4) is 0 Å². The van der Waals surface area contributed by atoms with Crippen molar-refractivity contribution in [2.75, 3.05) is 0 Å². The van der Waals surface area contributed by atoms with E-state index in [1.807, 2.05) is 31.2 Å². The van der Waals surface area contributed by atoms with Crippen LogP contribution in [-0.2, 0) is 17.8 Å². The van der Waals surface area contributed by atoms with E-state index >= 15 is 0 Å². The van der Waals surface area contributed by atoms with Gasteiger partial charge in [-0.25, -0.2) is 9.79 Å². The number of aromatic carboxylic acids is 1. The molecule has 6 nitrogen and oxygen atoms in total. The van der Waals surface area contributed by atoms with Gasteiger partial charge in [-0.15, -0.1) is 0 Å². The molecular formula is C23H20N2O4S. The second kappa shape index (κ2) is 8.59. The lowest BCUT2D eigenvalue weighted by Crippen LogP contribution is -2.32. The number of carbonyl (C=O) groups is 2. The Morgan fingerprint density at radius 2 is 1.97 bits per heavy atom. The highest BCUT2D eigenvalue weighted by Crippen LogP contribution is 2.33. The minimum absolute atomic E-state index is 0.0150. The number of amides is 1. The fourth-order valence-electron chi connectivity index (χ4n) is 3.27. The fourth-order valence-corrected chi connectivity index (χ4v) is 4.47. The highest BCUT2D eigenvalue weighted by Gasteiger charge is 2.38. The zero-order valence-electron chi connectivity index (χ0n) is 16.3. The van der Waals surface area contributed by atoms with Gasteiger partial charge in [0.1, 0.15) is 5.76 Å². The molecule has 0 aliphatic carbocycles. The van der Waals surface area contributed by atoms with E-state index in [0.717, 1.165) is 11.1 Å². The van der Waals surface area contributed by atoms with Crippen LogP contribution in [0, 0.1) is 6.92 Å². The number of aryl methyl sites for hydroxylation is 1. The highest BCUT2D eigenvalue weighted by atomic mass is 32.2. The number of hydrogen-bond donors (Lipinski definition) is 1. The van der Waals surface area contributed by atoms with Crippen LogP contribution in [0.1, 0.15) is 27.2 Å².